The highest BCUT2D eigenvalue weighted by molar-refractivity contribution is 6.29. The Morgan fingerprint density at radius 1 is 1.54 bits per heavy atom. The molecule has 0 aliphatic carbocycles. The van der Waals surface area contributed by atoms with Gasteiger partial charge in [0.25, 0.3) is 0 Å². The minimum absolute atomic E-state index is 0.155. The molecule has 0 radical (unpaired) electrons. The van der Waals surface area contributed by atoms with Crippen LogP contribution < -0.4 is 0 Å². The Bertz CT molecular complexity index is 318. The largest absolute Gasteiger partial charge is 0.207 e. The number of rotatable bonds is 3. The van der Waals surface area contributed by atoms with Gasteiger partial charge in [-0.25, -0.2) is 4.39 Å². The summed E-state index contributed by atoms with van der Waals surface area (Å²) in [6, 6.07) is 5.25. The molecule has 1 aromatic carbocycles. The third kappa shape index (κ3) is 3.19. The zero-order chi connectivity index (χ0) is 9.84. The molecule has 0 spiro atoms. The van der Waals surface area contributed by atoms with Gasteiger partial charge in [0.05, 0.1) is 0 Å². The highest BCUT2D eigenvalue weighted by atomic mass is 35.5. The van der Waals surface area contributed by atoms with Crippen molar-refractivity contribution in [1.29, 1.82) is 0 Å². The normalized spacial score (nSPS) is 10.1. The molecule has 0 aromatic heterocycles. The van der Waals surface area contributed by atoms with E-state index in [2.05, 4.69) is 6.58 Å². The van der Waals surface area contributed by atoms with E-state index in [4.69, 9.17) is 11.6 Å². The molecule has 0 saturated carbocycles. The van der Waals surface area contributed by atoms with E-state index in [-0.39, 0.29) is 5.82 Å². The first-order valence-electron chi connectivity index (χ1n) is 4.18. The Hall–Kier alpha value is -0.820. The van der Waals surface area contributed by atoms with Crippen LogP contribution in [0.2, 0.25) is 0 Å². The molecule has 0 amide bonds. The molecular weight excluding hydrogens is 187 g/mol. The molecule has 13 heavy (non-hydrogen) atoms. The van der Waals surface area contributed by atoms with Gasteiger partial charge in [0.15, 0.2) is 0 Å². The summed E-state index contributed by atoms with van der Waals surface area (Å²) in [5.74, 6) is -0.155. The summed E-state index contributed by atoms with van der Waals surface area (Å²) in [5.41, 5.74) is 1.64. The third-order valence-corrected chi connectivity index (χ3v) is 2.11. The number of benzene rings is 1. The summed E-state index contributed by atoms with van der Waals surface area (Å²) in [6.45, 7) is 5.33. The highest BCUT2D eigenvalue weighted by Crippen LogP contribution is 2.13. The standard InChI is InChI=1S/C11H12ClF/c1-8-3-5-10(7-11(8)13)6-4-9(2)12/h3,5,7H,2,4,6H2,1H3. The lowest BCUT2D eigenvalue weighted by molar-refractivity contribution is 0.616. The van der Waals surface area contributed by atoms with Crippen LogP contribution >= 0.6 is 11.6 Å². The molecule has 0 aliphatic rings. The lowest BCUT2D eigenvalue weighted by Crippen LogP contribution is -1.89. The Morgan fingerprint density at radius 3 is 2.77 bits per heavy atom. The second-order valence-corrected chi connectivity index (χ2v) is 3.64. The van der Waals surface area contributed by atoms with E-state index in [1.54, 1.807) is 19.1 Å². The zero-order valence-corrected chi connectivity index (χ0v) is 8.37. The van der Waals surface area contributed by atoms with Gasteiger partial charge in [0.1, 0.15) is 5.82 Å². The smallest absolute Gasteiger partial charge is 0.126 e. The Labute approximate surface area is 83.0 Å². The van der Waals surface area contributed by atoms with Crippen LogP contribution in [0.1, 0.15) is 17.5 Å². The zero-order valence-electron chi connectivity index (χ0n) is 7.61. The maximum absolute atomic E-state index is 13.0. The lowest BCUT2D eigenvalue weighted by Gasteiger charge is -2.01. The average molecular weight is 199 g/mol. The first-order chi connectivity index (χ1) is 6.09. The molecule has 0 heterocycles. The van der Waals surface area contributed by atoms with Gasteiger partial charge in [0.2, 0.25) is 0 Å². The quantitative estimate of drug-likeness (QED) is 0.693. The van der Waals surface area contributed by atoms with E-state index >= 15 is 0 Å². The highest BCUT2D eigenvalue weighted by Gasteiger charge is 1.99. The molecule has 0 saturated heterocycles. The van der Waals surface area contributed by atoms with Gasteiger partial charge in [0, 0.05) is 5.03 Å². The first kappa shape index (κ1) is 10.3. The molecule has 0 bridgehead atoms. The molecule has 1 rings (SSSR count). The van der Waals surface area contributed by atoms with E-state index in [0.29, 0.717) is 17.0 Å². The van der Waals surface area contributed by atoms with Gasteiger partial charge in [-0.2, -0.15) is 0 Å². The van der Waals surface area contributed by atoms with Gasteiger partial charge in [-0.05, 0) is 37.0 Å². The number of halogens is 2. The lowest BCUT2D eigenvalue weighted by atomic mass is 10.1. The van der Waals surface area contributed by atoms with Gasteiger partial charge in [-0.15, -0.1) is 0 Å². The Morgan fingerprint density at radius 2 is 2.23 bits per heavy atom. The van der Waals surface area contributed by atoms with Gasteiger partial charge >= 0.3 is 0 Å². The van der Waals surface area contributed by atoms with Crippen molar-refractivity contribution in [3.05, 3.63) is 46.8 Å². The van der Waals surface area contributed by atoms with Crippen LogP contribution in [0.25, 0.3) is 0 Å². The van der Waals surface area contributed by atoms with Crippen LogP contribution in [0.5, 0.6) is 0 Å². The van der Waals surface area contributed by atoms with Crippen molar-refractivity contribution < 1.29 is 4.39 Å². The summed E-state index contributed by atoms with van der Waals surface area (Å²) < 4.78 is 13.0. The molecular formula is C11H12ClF. The summed E-state index contributed by atoms with van der Waals surface area (Å²) in [6.07, 6.45) is 1.45. The van der Waals surface area contributed by atoms with Gasteiger partial charge in [-0.1, -0.05) is 30.3 Å². The fourth-order valence-electron chi connectivity index (χ4n) is 1.07. The second kappa shape index (κ2) is 4.43. The Kier molecular flexibility index (Phi) is 3.49. The summed E-state index contributed by atoms with van der Waals surface area (Å²) >= 11 is 5.61. The first-order valence-corrected chi connectivity index (χ1v) is 4.55. The van der Waals surface area contributed by atoms with Gasteiger partial charge in [-0.3, -0.25) is 0 Å². The van der Waals surface area contributed by atoms with E-state index in [9.17, 15) is 4.39 Å². The van der Waals surface area contributed by atoms with Gasteiger partial charge < -0.3 is 0 Å². The predicted octanol–water partition coefficient (Wildman–Crippen LogP) is 3.82. The van der Waals surface area contributed by atoms with Crippen LogP contribution in [0, 0.1) is 12.7 Å². The SMILES string of the molecule is C=C(Cl)CCc1ccc(C)c(F)c1. The molecule has 0 unspecified atom stereocenters. The molecule has 0 fully saturated rings. The van der Waals surface area contributed by atoms with Crippen molar-refractivity contribution in [2.45, 2.75) is 19.8 Å². The minimum Gasteiger partial charge on any atom is -0.207 e. The maximum Gasteiger partial charge on any atom is 0.126 e. The average Bonchev–Trinajstić information content (AvgIpc) is 2.07. The summed E-state index contributed by atoms with van der Waals surface area (Å²) in [7, 11) is 0. The predicted molar refractivity (Wildman–Crippen MR) is 54.5 cm³/mol. The second-order valence-electron chi connectivity index (χ2n) is 3.10. The number of aryl methyl sites for hydroxylation is 2. The van der Waals surface area contributed by atoms with Crippen LogP contribution in [0.15, 0.2) is 29.8 Å². The van der Waals surface area contributed by atoms with E-state index < -0.39 is 0 Å². The van der Waals surface area contributed by atoms with Crippen LogP contribution in [0.3, 0.4) is 0 Å². The van der Waals surface area contributed by atoms with Crippen molar-refractivity contribution in [2.75, 3.05) is 0 Å². The number of hydrogen-bond acceptors (Lipinski definition) is 0. The topological polar surface area (TPSA) is 0 Å². The molecule has 1 aromatic rings. The minimum atomic E-state index is -0.155. The van der Waals surface area contributed by atoms with Crippen molar-refractivity contribution in [1.82, 2.24) is 0 Å². The van der Waals surface area contributed by atoms with Crippen molar-refractivity contribution in [3.8, 4) is 0 Å². The maximum atomic E-state index is 13.0. The van der Waals surface area contributed by atoms with Crippen LogP contribution in [-0.2, 0) is 6.42 Å². The fraction of sp³-hybridized carbons (Fsp3) is 0.273. The molecule has 0 atom stereocenters. The molecule has 0 aliphatic heterocycles. The van der Waals surface area contributed by atoms with Crippen molar-refractivity contribution in [3.63, 3.8) is 0 Å². The van der Waals surface area contributed by atoms with E-state index in [0.717, 1.165) is 12.0 Å². The van der Waals surface area contributed by atoms with Crippen molar-refractivity contribution in [2.24, 2.45) is 0 Å². The number of hydrogen-bond donors (Lipinski definition) is 0. The third-order valence-electron chi connectivity index (χ3n) is 1.92. The summed E-state index contributed by atoms with van der Waals surface area (Å²) in [5, 5.41) is 0.612. The van der Waals surface area contributed by atoms with E-state index in [1.165, 1.54) is 0 Å². The molecule has 2 heteroatoms. The Balaban J connectivity index is 2.68. The van der Waals surface area contributed by atoms with Crippen molar-refractivity contribution >= 4 is 11.6 Å². The molecule has 0 N–H and O–H groups in total. The monoisotopic (exact) mass is 198 g/mol. The van der Waals surface area contributed by atoms with Crippen LogP contribution in [0.4, 0.5) is 4.39 Å². The van der Waals surface area contributed by atoms with Crippen LogP contribution in [-0.4, -0.2) is 0 Å². The fourth-order valence-corrected chi connectivity index (χ4v) is 1.17. The molecule has 70 valence electrons. The summed E-state index contributed by atoms with van der Waals surface area (Å²) in [4.78, 5) is 0. The molecule has 0 nitrogen and oxygen atoms in total. The number of allylic oxidation sites excluding steroid dienone is 1. The van der Waals surface area contributed by atoms with E-state index in [1.807, 2.05) is 6.07 Å².